The van der Waals surface area contributed by atoms with Crippen LogP contribution < -0.4 is 5.73 Å². The molecule has 4 nitrogen and oxygen atoms in total. The molecule has 3 atom stereocenters. The van der Waals surface area contributed by atoms with Crippen molar-refractivity contribution >= 4 is 5.91 Å². The molecule has 1 heterocycles. The maximum absolute atomic E-state index is 12.2. The lowest BCUT2D eigenvalue weighted by Crippen LogP contribution is -2.48. The molecule has 1 aliphatic carbocycles. The number of carbonyl (C=O) groups excluding carboxylic acids is 1. The number of nitrogens with zero attached hydrogens (tertiary/aromatic N) is 1. The van der Waals surface area contributed by atoms with Crippen molar-refractivity contribution in [1.82, 2.24) is 4.90 Å². The predicted molar refractivity (Wildman–Crippen MR) is 75.6 cm³/mol. The van der Waals surface area contributed by atoms with E-state index in [-0.39, 0.29) is 5.91 Å². The monoisotopic (exact) mass is 268 g/mol. The zero-order valence-electron chi connectivity index (χ0n) is 12.1. The minimum absolute atomic E-state index is 0.208. The molecule has 3 unspecified atom stereocenters. The van der Waals surface area contributed by atoms with Crippen LogP contribution in [0, 0.1) is 5.92 Å². The van der Waals surface area contributed by atoms with E-state index in [2.05, 4.69) is 0 Å². The summed E-state index contributed by atoms with van der Waals surface area (Å²) in [6, 6.07) is 0.338. The van der Waals surface area contributed by atoms with Crippen LogP contribution in [-0.4, -0.2) is 40.6 Å². The number of β-amino-alcohol motifs (C(OH)–C–C–N with tert-alkyl or cyclic N) is 1. The van der Waals surface area contributed by atoms with E-state index in [4.69, 9.17) is 5.73 Å². The van der Waals surface area contributed by atoms with Crippen LogP contribution in [-0.2, 0) is 4.79 Å². The number of rotatable bonds is 3. The van der Waals surface area contributed by atoms with Gasteiger partial charge in [0.05, 0.1) is 5.60 Å². The summed E-state index contributed by atoms with van der Waals surface area (Å²) in [5.41, 5.74) is 5.29. The van der Waals surface area contributed by atoms with Crippen molar-refractivity contribution in [3.05, 3.63) is 0 Å². The third-order valence-electron chi connectivity index (χ3n) is 4.62. The van der Waals surface area contributed by atoms with Gasteiger partial charge in [0.15, 0.2) is 0 Å². The fourth-order valence-electron chi connectivity index (χ4n) is 3.51. The Balaban J connectivity index is 1.74. The Morgan fingerprint density at radius 1 is 1.42 bits per heavy atom. The van der Waals surface area contributed by atoms with Crippen LogP contribution in [0.1, 0.15) is 58.3 Å². The van der Waals surface area contributed by atoms with Crippen LogP contribution in [0.15, 0.2) is 0 Å². The van der Waals surface area contributed by atoms with E-state index in [1.807, 2.05) is 11.8 Å². The largest absolute Gasteiger partial charge is 0.388 e. The molecule has 1 amide bonds. The molecule has 19 heavy (non-hydrogen) atoms. The second-order valence-corrected chi connectivity index (χ2v) is 6.75. The fraction of sp³-hybridized carbons (Fsp3) is 0.933. The van der Waals surface area contributed by atoms with Crippen LogP contribution >= 0.6 is 0 Å². The summed E-state index contributed by atoms with van der Waals surface area (Å²) >= 11 is 0. The molecule has 0 bridgehead atoms. The molecule has 3 N–H and O–H groups in total. The SMILES string of the molecule is CC1(O)CCCN(C(=O)CCC2CCCC(N)C2)C1. The molecular formula is C15H28N2O2. The van der Waals surface area contributed by atoms with Gasteiger partial charge in [-0.05, 0) is 44.9 Å². The number of aliphatic hydroxyl groups is 1. The summed E-state index contributed by atoms with van der Waals surface area (Å²) in [5, 5.41) is 10.0. The minimum Gasteiger partial charge on any atom is -0.388 e. The van der Waals surface area contributed by atoms with Crippen molar-refractivity contribution in [2.45, 2.75) is 69.9 Å². The number of hydrogen-bond acceptors (Lipinski definition) is 3. The number of amides is 1. The Labute approximate surface area is 116 Å². The van der Waals surface area contributed by atoms with Gasteiger partial charge in [0.2, 0.25) is 5.91 Å². The average Bonchev–Trinajstić information content (AvgIpc) is 2.35. The van der Waals surface area contributed by atoms with E-state index in [0.717, 1.165) is 38.6 Å². The number of likely N-dealkylation sites (tertiary alicyclic amines) is 1. The van der Waals surface area contributed by atoms with Gasteiger partial charge in [0.1, 0.15) is 0 Å². The first-order valence-corrected chi connectivity index (χ1v) is 7.72. The summed E-state index contributed by atoms with van der Waals surface area (Å²) in [4.78, 5) is 14.0. The summed E-state index contributed by atoms with van der Waals surface area (Å²) in [6.45, 7) is 3.13. The Hall–Kier alpha value is -0.610. The summed E-state index contributed by atoms with van der Waals surface area (Å²) < 4.78 is 0. The smallest absolute Gasteiger partial charge is 0.222 e. The normalized spacial score (nSPS) is 36.3. The van der Waals surface area contributed by atoms with Crippen LogP contribution in [0.5, 0.6) is 0 Å². The fourth-order valence-corrected chi connectivity index (χ4v) is 3.51. The van der Waals surface area contributed by atoms with Gasteiger partial charge in [0.25, 0.3) is 0 Å². The standard InChI is InChI=1S/C15H28N2O2/c1-15(19)8-3-9-17(11-15)14(18)7-6-12-4-2-5-13(16)10-12/h12-13,19H,2-11,16H2,1H3. The number of nitrogens with two attached hydrogens (primary N) is 1. The molecule has 1 saturated heterocycles. The van der Waals surface area contributed by atoms with E-state index in [1.165, 1.54) is 12.8 Å². The van der Waals surface area contributed by atoms with Gasteiger partial charge in [-0.25, -0.2) is 0 Å². The second-order valence-electron chi connectivity index (χ2n) is 6.75. The Kier molecular flexibility index (Phi) is 4.85. The second kappa shape index (κ2) is 6.23. The lowest BCUT2D eigenvalue weighted by molar-refractivity contribution is -0.137. The summed E-state index contributed by atoms with van der Waals surface area (Å²) in [7, 11) is 0. The van der Waals surface area contributed by atoms with Crippen molar-refractivity contribution in [3.8, 4) is 0 Å². The molecule has 110 valence electrons. The molecule has 2 fully saturated rings. The van der Waals surface area contributed by atoms with Crippen molar-refractivity contribution in [2.75, 3.05) is 13.1 Å². The van der Waals surface area contributed by atoms with Crippen molar-refractivity contribution in [2.24, 2.45) is 11.7 Å². The van der Waals surface area contributed by atoms with Gasteiger partial charge in [-0.15, -0.1) is 0 Å². The van der Waals surface area contributed by atoms with Crippen LogP contribution in [0.25, 0.3) is 0 Å². The highest BCUT2D eigenvalue weighted by Crippen LogP contribution is 2.28. The zero-order chi connectivity index (χ0) is 13.9. The van der Waals surface area contributed by atoms with Crippen molar-refractivity contribution in [1.29, 1.82) is 0 Å². The molecule has 0 radical (unpaired) electrons. The highest BCUT2D eigenvalue weighted by Gasteiger charge is 2.31. The third kappa shape index (κ3) is 4.46. The maximum atomic E-state index is 12.2. The van der Waals surface area contributed by atoms with Gasteiger partial charge in [-0.3, -0.25) is 4.79 Å². The van der Waals surface area contributed by atoms with Gasteiger partial charge in [-0.2, -0.15) is 0 Å². The zero-order valence-corrected chi connectivity index (χ0v) is 12.1. The molecule has 0 aromatic carbocycles. The first-order valence-electron chi connectivity index (χ1n) is 7.72. The van der Waals surface area contributed by atoms with Crippen LogP contribution in [0.3, 0.4) is 0 Å². The number of piperidine rings is 1. The maximum Gasteiger partial charge on any atom is 0.222 e. The highest BCUT2D eigenvalue weighted by molar-refractivity contribution is 5.76. The molecule has 1 aliphatic heterocycles. The molecule has 2 aliphatic rings. The summed E-state index contributed by atoms with van der Waals surface area (Å²) in [6.07, 6.45) is 7.93. The predicted octanol–water partition coefficient (Wildman–Crippen LogP) is 1.66. The molecule has 1 saturated carbocycles. The Morgan fingerprint density at radius 3 is 2.89 bits per heavy atom. The molecule has 0 spiro atoms. The molecule has 0 aromatic heterocycles. The van der Waals surface area contributed by atoms with E-state index in [0.29, 0.717) is 24.9 Å². The average molecular weight is 268 g/mol. The first-order chi connectivity index (χ1) is 8.96. The highest BCUT2D eigenvalue weighted by atomic mass is 16.3. The Bertz CT molecular complexity index is 317. The lowest BCUT2D eigenvalue weighted by atomic mass is 9.83. The van der Waals surface area contributed by atoms with Crippen molar-refractivity contribution in [3.63, 3.8) is 0 Å². The molecule has 4 heteroatoms. The summed E-state index contributed by atoms with van der Waals surface area (Å²) in [5.74, 6) is 0.831. The lowest BCUT2D eigenvalue weighted by Gasteiger charge is -2.37. The van der Waals surface area contributed by atoms with E-state index in [1.54, 1.807) is 0 Å². The topological polar surface area (TPSA) is 66.6 Å². The third-order valence-corrected chi connectivity index (χ3v) is 4.62. The van der Waals surface area contributed by atoms with E-state index in [9.17, 15) is 9.90 Å². The van der Waals surface area contributed by atoms with Crippen LogP contribution in [0.4, 0.5) is 0 Å². The number of hydrogen-bond donors (Lipinski definition) is 2. The molecule has 0 aromatic rings. The van der Waals surface area contributed by atoms with Gasteiger partial charge in [0, 0.05) is 25.6 Å². The van der Waals surface area contributed by atoms with Gasteiger partial charge >= 0.3 is 0 Å². The first kappa shape index (κ1) is 14.8. The Morgan fingerprint density at radius 2 is 2.21 bits per heavy atom. The van der Waals surface area contributed by atoms with Crippen molar-refractivity contribution < 1.29 is 9.90 Å². The van der Waals surface area contributed by atoms with E-state index < -0.39 is 5.60 Å². The molecule has 2 rings (SSSR count). The number of carbonyl (C=O) groups is 1. The quantitative estimate of drug-likeness (QED) is 0.818. The van der Waals surface area contributed by atoms with Gasteiger partial charge < -0.3 is 15.7 Å². The van der Waals surface area contributed by atoms with Crippen LogP contribution in [0.2, 0.25) is 0 Å². The van der Waals surface area contributed by atoms with Gasteiger partial charge in [-0.1, -0.05) is 12.8 Å². The molecular weight excluding hydrogens is 240 g/mol. The minimum atomic E-state index is -0.693. The van der Waals surface area contributed by atoms with E-state index >= 15 is 0 Å².